The SMILES string of the molecule is S=C1CS/C=C\C/C=C\N1. The minimum Gasteiger partial charge on any atom is -0.356 e. The summed E-state index contributed by atoms with van der Waals surface area (Å²) in [4.78, 5) is 0.896. The van der Waals surface area contributed by atoms with Crippen LogP contribution < -0.4 is 5.32 Å². The van der Waals surface area contributed by atoms with Gasteiger partial charge < -0.3 is 5.32 Å². The van der Waals surface area contributed by atoms with Crippen molar-refractivity contribution in [3.05, 3.63) is 23.8 Å². The highest BCUT2D eigenvalue weighted by Crippen LogP contribution is 2.04. The summed E-state index contributed by atoms with van der Waals surface area (Å²) in [5, 5.41) is 5.10. The van der Waals surface area contributed by atoms with Gasteiger partial charge in [0.15, 0.2) is 0 Å². The molecule has 0 unspecified atom stereocenters. The summed E-state index contributed by atoms with van der Waals surface area (Å²) in [6, 6.07) is 0. The Morgan fingerprint density at radius 3 is 3.30 bits per heavy atom. The van der Waals surface area contributed by atoms with Crippen LogP contribution in [0.15, 0.2) is 23.8 Å². The number of allylic oxidation sites excluding steroid dienone is 2. The molecule has 0 radical (unpaired) electrons. The molecule has 0 fully saturated rings. The predicted octanol–water partition coefficient (Wildman–Crippen LogP) is 2.07. The molecule has 1 aliphatic rings. The molecule has 1 aliphatic heterocycles. The summed E-state index contributed by atoms with van der Waals surface area (Å²) in [5.41, 5.74) is 0. The van der Waals surface area contributed by atoms with Gasteiger partial charge in [-0.15, -0.1) is 11.8 Å². The lowest BCUT2D eigenvalue weighted by Crippen LogP contribution is -2.15. The summed E-state index contributed by atoms with van der Waals surface area (Å²) in [5.74, 6) is 0.885. The van der Waals surface area contributed by atoms with Crippen LogP contribution in [0.3, 0.4) is 0 Å². The molecular formula is C7H9NS2. The molecule has 0 aliphatic carbocycles. The Morgan fingerprint density at radius 2 is 2.40 bits per heavy atom. The fourth-order valence-electron chi connectivity index (χ4n) is 0.588. The lowest BCUT2D eigenvalue weighted by molar-refractivity contribution is 1.26. The van der Waals surface area contributed by atoms with Crippen LogP contribution in [0.4, 0.5) is 0 Å². The highest BCUT2D eigenvalue weighted by atomic mass is 32.2. The van der Waals surface area contributed by atoms with E-state index in [2.05, 4.69) is 22.9 Å². The van der Waals surface area contributed by atoms with Gasteiger partial charge in [-0.3, -0.25) is 0 Å². The first-order valence-corrected chi connectivity index (χ1v) is 4.56. The van der Waals surface area contributed by atoms with Gasteiger partial charge in [-0.25, -0.2) is 0 Å². The molecule has 1 N–H and O–H groups in total. The number of nitrogens with one attached hydrogen (secondary N) is 1. The molecule has 0 bridgehead atoms. The fourth-order valence-corrected chi connectivity index (χ4v) is 1.44. The Bertz CT molecular complexity index is 172. The van der Waals surface area contributed by atoms with Crippen LogP contribution in [0, 0.1) is 0 Å². The number of hydrogen-bond donors (Lipinski definition) is 1. The van der Waals surface area contributed by atoms with Crippen LogP contribution in [0.1, 0.15) is 6.42 Å². The zero-order chi connectivity index (χ0) is 7.23. The molecule has 0 saturated heterocycles. The van der Waals surface area contributed by atoms with E-state index in [1.807, 2.05) is 6.20 Å². The molecule has 0 amide bonds. The molecule has 0 atom stereocenters. The maximum atomic E-state index is 5.00. The van der Waals surface area contributed by atoms with Crippen molar-refractivity contribution < 1.29 is 0 Å². The van der Waals surface area contributed by atoms with Gasteiger partial charge in [0.05, 0.1) is 4.99 Å². The largest absolute Gasteiger partial charge is 0.356 e. The Morgan fingerprint density at radius 1 is 1.50 bits per heavy atom. The zero-order valence-electron chi connectivity index (χ0n) is 5.54. The Labute approximate surface area is 70.6 Å². The van der Waals surface area contributed by atoms with Crippen molar-refractivity contribution >= 4 is 29.0 Å². The van der Waals surface area contributed by atoms with Crippen molar-refractivity contribution in [3.8, 4) is 0 Å². The van der Waals surface area contributed by atoms with Crippen molar-refractivity contribution in [2.45, 2.75) is 6.42 Å². The van der Waals surface area contributed by atoms with E-state index in [4.69, 9.17) is 12.2 Å². The van der Waals surface area contributed by atoms with Crippen LogP contribution in [-0.2, 0) is 0 Å². The molecule has 3 heteroatoms. The van der Waals surface area contributed by atoms with E-state index >= 15 is 0 Å². The van der Waals surface area contributed by atoms with E-state index in [-0.39, 0.29) is 0 Å². The summed E-state index contributed by atoms with van der Waals surface area (Å²) in [7, 11) is 0. The smallest absolute Gasteiger partial charge is 0.0896 e. The monoisotopic (exact) mass is 171 g/mol. The maximum absolute atomic E-state index is 5.00. The van der Waals surface area contributed by atoms with Crippen LogP contribution >= 0.6 is 24.0 Å². The quantitative estimate of drug-likeness (QED) is 0.560. The minimum absolute atomic E-state index is 0.885. The van der Waals surface area contributed by atoms with Gasteiger partial charge in [0.25, 0.3) is 0 Å². The van der Waals surface area contributed by atoms with Gasteiger partial charge in [-0.05, 0) is 18.0 Å². The van der Waals surface area contributed by atoms with Crippen molar-refractivity contribution in [2.24, 2.45) is 0 Å². The Balaban J connectivity index is 2.45. The van der Waals surface area contributed by atoms with Crippen LogP contribution in [0.25, 0.3) is 0 Å². The number of thioether (sulfide) groups is 1. The summed E-state index contributed by atoms with van der Waals surface area (Å²) >= 11 is 6.72. The molecule has 54 valence electrons. The average Bonchev–Trinajstić information content (AvgIpc) is 2.02. The predicted molar refractivity (Wildman–Crippen MR) is 51.1 cm³/mol. The van der Waals surface area contributed by atoms with Crippen LogP contribution in [0.5, 0.6) is 0 Å². The molecule has 0 saturated carbocycles. The van der Waals surface area contributed by atoms with Gasteiger partial charge >= 0.3 is 0 Å². The van der Waals surface area contributed by atoms with Gasteiger partial charge in [-0.2, -0.15) is 0 Å². The summed E-state index contributed by atoms with van der Waals surface area (Å²) in [6.07, 6.45) is 7.06. The van der Waals surface area contributed by atoms with Crippen molar-refractivity contribution in [1.82, 2.24) is 5.32 Å². The molecule has 0 aromatic rings. The van der Waals surface area contributed by atoms with Crippen LogP contribution in [-0.4, -0.2) is 10.7 Å². The van der Waals surface area contributed by atoms with Crippen LogP contribution in [0.2, 0.25) is 0 Å². The standard InChI is InChI=1S/C7H9NS2/c9-7-6-10-5-3-1-2-4-8-7/h2-5H,1,6H2,(H,8,9)/b4-2-,5-3-. The molecule has 10 heavy (non-hydrogen) atoms. The average molecular weight is 171 g/mol. The van der Waals surface area contributed by atoms with Gasteiger partial charge in [0.1, 0.15) is 0 Å². The second-order valence-electron chi connectivity index (χ2n) is 1.89. The third-order valence-corrected chi connectivity index (χ3v) is 2.33. The van der Waals surface area contributed by atoms with E-state index in [0.717, 1.165) is 17.2 Å². The molecule has 1 rings (SSSR count). The van der Waals surface area contributed by atoms with E-state index < -0.39 is 0 Å². The van der Waals surface area contributed by atoms with Crippen molar-refractivity contribution in [2.75, 3.05) is 5.75 Å². The van der Waals surface area contributed by atoms with E-state index in [0.29, 0.717) is 0 Å². The Kier molecular flexibility index (Phi) is 3.54. The minimum atomic E-state index is 0.885. The molecule has 1 nitrogen and oxygen atoms in total. The first kappa shape index (κ1) is 7.82. The maximum Gasteiger partial charge on any atom is 0.0896 e. The number of hydrogen-bond acceptors (Lipinski definition) is 2. The summed E-state index contributed by atoms with van der Waals surface area (Å²) < 4.78 is 0. The van der Waals surface area contributed by atoms with Crippen molar-refractivity contribution in [3.63, 3.8) is 0 Å². The Hall–Kier alpha value is -0.280. The van der Waals surface area contributed by atoms with Gasteiger partial charge in [0.2, 0.25) is 0 Å². The van der Waals surface area contributed by atoms with Gasteiger partial charge in [0, 0.05) is 5.75 Å². The molecule has 0 aromatic heterocycles. The second-order valence-corrected chi connectivity index (χ2v) is 3.28. The molecule has 0 aromatic carbocycles. The number of thiocarbonyl (C=S) groups is 1. The topological polar surface area (TPSA) is 12.0 Å². The third-order valence-electron chi connectivity index (χ3n) is 1.04. The number of rotatable bonds is 0. The highest BCUT2D eigenvalue weighted by Gasteiger charge is 1.91. The normalized spacial score (nSPS) is 25.4. The fraction of sp³-hybridized carbons (Fsp3) is 0.286. The third kappa shape index (κ3) is 3.03. The lowest BCUT2D eigenvalue weighted by Gasteiger charge is -1.97. The van der Waals surface area contributed by atoms with Crippen molar-refractivity contribution in [1.29, 1.82) is 0 Å². The lowest BCUT2D eigenvalue weighted by atomic mass is 10.4. The summed E-state index contributed by atoms with van der Waals surface area (Å²) in [6.45, 7) is 0. The molecular weight excluding hydrogens is 162 g/mol. The molecule has 0 spiro atoms. The first-order valence-electron chi connectivity index (χ1n) is 3.10. The second kappa shape index (κ2) is 4.52. The molecule has 1 heterocycles. The first-order chi connectivity index (χ1) is 4.89. The zero-order valence-corrected chi connectivity index (χ0v) is 7.17. The van der Waals surface area contributed by atoms with Gasteiger partial charge in [-0.1, -0.05) is 24.4 Å². The van der Waals surface area contributed by atoms with E-state index in [1.165, 1.54) is 0 Å². The highest BCUT2D eigenvalue weighted by molar-refractivity contribution is 8.03. The van der Waals surface area contributed by atoms with E-state index in [1.54, 1.807) is 11.8 Å². The van der Waals surface area contributed by atoms with E-state index in [9.17, 15) is 0 Å².